The number of nitrogen functional groups attached to an aromatic ring is 1. The molecule has 0 radical (unpaired) electrons. The van der Waals surface area contributed by atoms with Gasteiger partial charge in [-0.25, -0.2) is 4.98 Å². The van der Waals surface area contributed by atoms with Crippen molar-refractivity contribution in [2.75, 3.05) is 11.1 Å². The SMILES string of the molecule is Cc1ccc(NC(=O)c2ccnc(C(C)(C)C#N)c2)cc1-c1cnc2c(Cl)c(N)ncc2c1. The van der Waals surface area contributed by atoms with Gasteiger partial charge < -0.3 is 11.1 Å². The Bertz CT molecular complexity index is 1440. The fourth-order valence-corrected chi connectivity index (χ4v) is 3.62. The van der Waals surface area contributed by atoms with Crippen LogP contribution in [0.25, 0.3) is 22.0 Å². The Morgan fingerprint density at radius 2 is 1.91 bits per heavy atom. The predicted octanol–water partition coefficient (Wildman–Crippen LogP) is 5.29. The largest absolute Gasteiger partial charge is 0.382 e. The van der Waals surface area contributed by atoms with Gasteiger partial charge >= 0.3 is 0 Å². The van der Waals surface area contributed by atoms with Crippen LogP contribution in [0.15, 0.2) is 55.0 Å². The first-order valence-corrected chi connectivity index (χ1v) is 10.6. The quantitative estimate of drug-likeness (QED) is 0.430. The monoisotopic (exact) mass is 456 g/mol. The van der Waals surface area contributed by atoms with Crippen molar-refractivity contribution < 1.29 is 4.79 Å². The number of fused-ring (bicyclic) bond motifs is 1. The molecule has 3 heterocycles. The molecule has 3 aromatic heterocycles. The van der Waals surface area contributed by atoms with E-state index in [-0.39, 0.29) is 11.7 Å². The molecule has 0 fully saturated rings. The molecule has 4 rings (SSSR count). The fourth-order valence-electron chi connectivity index (χ4n) is 3.41. The van der Waals surface area contributed by atoms with Crippen LogP contribution >= 0.6 is 11.6 Å². The van der Waals surface area contributed by atoms with Crippen LogP contribution in [0.1, 0.15) is 35.5 Å². The molecule has 8 heteroatoms. The number of nitriles is 1. The summed E-state index contributed by atoms with van der Waals surface area (Å²) in [4.78, 5) is 25.7. The van der Waals surface area contributed by atoms with Gasteiger partial charge in [0, 0.05) is 40.8 Å². The van der Waals surface area contributed by atoms with Gasteiger partial charge in [-0.3, -0.25) is 14.8 Å². The summed E-state index contributed by atoms with van der Waals surface area (Å²) in [5.74, 6) is -0.0481. The number of rotatable bonds is 4. The molecule has 1 aromatic carbocycles. The Labute approximate surface area is 196 Å². The molecule has 0 bridgehead atoms. The van der Waals surface area contributed by atoms with E-state index in [1.807, 2.05) is 31.2 Å². The highest BCUT2D eigenvalue weighted by Crippen LogP contribution is 2.31. The number of nitrogens with one attached hydrogen (secondary N) is 1. The van der Waals surface area contributed by atoms with Crippen molar-refractivity contribution >= 4 is 39.9 Å². The van der Waals surface area contributed by atoms with Crippen molar-refractivity contribution in [3.63, 3.8) is 0 Å². The highest BCUT2D eigenvalue weighted by atomic mass is 35.5. The molecule has 0 atom stereocenters. The molecule has 33 heavy (non-hydrogen) atoms. The number of carbonyl (C=O) groups excluding carboxylic acids is 1. The molecule has 0 aliphatic rings. The summed E-state index contributed by atoms with van der Waals surface area (Å²) < 4.78 is 0. The van der Waals surface area contributed by atoms with Crippen LogP contribution in [0.5, 0.6) is 0 Å². The molecular formula is C25H21ClN6O. The van der Waals surface area contributed by atoms with Gasteiger partial charge in [0.1, 0.15) is 10.8 Å². The summed E-state index contributed by atoms with van der Waals surface area (Å²) in [5.41, 5.74) is 9.96. The maximum atomic E-state index is 12.9. The number of hydrogen-bond acceptors (Lipinski definition) is 6. The number of amides is 1. The standard InChI is InChI=1S/C25H21ClN6O/c1-14-4-5-18(32-24(33)15-6-7-29-20(9-15)25(2,3)13-27)10-19(14)16-8-17-12-31-23(28)21(26)22(17)30-11-16/h4-12H,1-3H3,(H2,28,31)(H,32,33). The summed E-state index contributed by atoms with van der Waals surface area (Å²) in [6.45, 7) is 5.51. The lowest BCUT2D eigenvalue weighted by molar-refractivity contribution is 0.102. The zero-order valence-corrected chi connectivity index (χ0v) is 19.1. The first-order valence-electron chi connectivity index (χ1n) is 10.2. The van der Waals surface area contributed by atoms with Crippen molar-refractivity contribution in [3.8, 4) is 17.2 Å². The number of nitrogens with two attached hydrogens (primary N) is 1. The first kappa shape index (κ1) is 22.2. The molecule has 0 aliphatic heterocycles. The molecular weight excluding hydrogens is 436 g/mol. The van der Waals surface area contributed by atoms with E-state index < -0.39 is 5.41 Å². The second kappa shape index (κ2) is 8.49. The van der Waals surface area contributed by atoms with Gasteiger partial charge in [0.15, 0.2) is 0 Å². The van der Waals surface area contributed by atoms with Gasteiger partial charge in [0.2, 0.25) is 0 Å². The van der Waals surface area contributed by atoms with Crippen LogP contribution in [0.3, 0.4) is 0 Å². The van der Waals surface area contributed by atoms with E-state index in [2.05, 4.69) is 26.3 Å². The Morgan fingerprint density at radius 3 is 2.67 bits per heavy atom. The lowest BCUT2D eigenvalue weighted by Crippen LogP contribution is -2.18. The Kier molecular flexibility index (Phi) is 5.71. The number of nitrogens with zero attached hydrogens (tertiary/aromatic N) is 4. The van der Waals surface area contributed by atoms with E-state index in [1.165, 1.54) is 6.20 Å². The minimum Gasteiger partial charge on any atom is -0.382 e. The third kappa shape index (κ3) is 4.34. The summed E-state index contributed by atoms with van der Waals surface area (Å²) in [6, 6.07) is 13.1. The van der Waals surface area contributed by atoms with Crippen molar-refractivity contribution in [2.24, 2.45) is 0 Å². The number of aryl methyl sites for hydroxylation is 1. The molecule has 3 N–H and O–H groups in total. The minimum atomic E-state index is -0.793. The van der Waals surface area contributed by atoms with Crippen LogP contribution in [0.4, 0.5) is 11.5 Å². The van der Waals surface area contributed by atoms with Crippen molar-refractivity contribution in [2.45, 2.75) is 26.2 Å². The van der Waals surface area contributed by atoms with E-state index in [1.54, 1.807) is 38.4 Å². The predicted molar refractivity (Wildman–Crippen MR) is 130 cm³/mol. The van der Waals surface area contributed by atoms with Crippen LogP contribution in [-0.2, 0) is 5.41 Å². The highest BCUT2D eigenvalue weighted by Gasteiger charge is 2.22. The van der Waals surface area contributed by atoms with Gasteiger partial charge in [0.05, 0.1) is 22.7 Å². The van der Waals surface area contributed by atoms with Crippen LogP contribution in [0.2, 0.25) is 5.02 Å². The summed E-state index contributed by atoms with van der Waals surface area (Å²) in [7, 11) is 0. The Hall–Kier alpha value is -4.02. The normalized spacial score (nSPS) is 11.2. The van der Waals surface area contributed by atoms with Crippen LogP contribution < -0.4 is 11.1 Å². The number of carbonyl (C=O) groups is 1. The summed E-state index contributed by atoms with van der Waals surface area (Å²) in [6.07, 6.45) is 4.90. The first-order chi connectivity index (χ1) is 15.7. The minimum absolute atomic E-state index is 0.239. The Balaban J connectivity index is 1.65. The fraction of sp³-hybridized carbons (Fsp3) is 0.160. The molecule has 0 aliphatic carbocycles. The molecule has 0 saturated carbocycles. The van der Waals surface area contributed by atoms with Crippen molar-refractivity contribution in [3.05, 3.63) is 76.8 Å². The van der Waals surface area contributed by atoms with Gasteiger partial charge in [-0.15, -0.1) is 0 Å². The second-order valence-corrected chi connectivity index (χ2v) is 8.65. The van der Waals surface area contributed by atoms with Gasteiger partial charge in [0.25, 0.3) is 5.91 Å². The summed E-state index contributed by atoms with van der Waals surface area (Å²) in [5, 5.41) is 13.4. The lowest BCUT2D eigenvalue weighted by atomic mass is 9.90. The smallest absolute Gasteiger partial charge is 0.255 e. The van der Waals surface area contributed by atoms with Crippen molar-refractivity contribution in [1.29, 1.82) is 5.26 Å². The average Bonchev–Trinajstić information content (AvgIpc) is 2.82. The van der Waals surface area contributed by atoms with Crippen molar-refractivity contribution in [1.82, 2.24) is 15.0 Å². The second-order valence-electron chi connectivity index (χ2n) is 8.27. The molecule has 4 aromatic rings. The van der Waals surface area contributed by atoms with E-state index in [0.717, 1.165) is 22.1 Å². The summed E-state index contributed by atoms with van der Waals surface area (Å²) >= 11 is 6.23. The van der Waals surface area contributed by atoms with E-state index >= 15 is 0 Å². The zero-order valence-electron chi connectivity index (χ0n) is 18.3. The van der Waals surface area contributed by atoms with Gasteiger partial charge in [-0.2, -0.15) is 5.26 Å². The molecule has 164 valence electrons. The number of anilines is 2. The topological polar surface area (TPSA) is 118 Å². The number of aromatic nitrogens is 3. The van der Waals surface area contributed by atoms with E-state index in [4.69, 9.17) is 17.3 Å². The molecule has 0 saturated heterocycles. The van der Waals surface area contributed by atoms with Gasteiger partial charge in [-0.1, -0.05) is 17.7 Å². The van der Waals surface area contributed by atoms with E-state index in [0.29, 0.717) is 27.5 Å². The number of pyridine rings is 3. The highest BCUT2D eigenvalue weighted by molar-refractivity contribution is 6.37. The van der Waals surface area contributed by atoms with Crippen LogP contribution in [0, 0.1) is 18.3 Å². The maximum Gasteiger partial charge on any atom is 0.255 e. The lowest BCUT2D eigenvalue weighted by Gasteiger charge is -2.15. The number of halogens is 1. The molecule has 0 unspecified atom stereocenters. The zero-order chi connectivity index (χ0) is 23.8. The third-order valence-electron chi connectivity index (χ3n) is 5.44. The molecule has 0 spiro atoms. The number of benzene rings is 1. The van der Waals surface area contributed by atoms with E-state index in [9.17, 15) is 10.1 Å². The average molecular weight is 457 g/mol. The number of hydrogen-bond donors (Lipinski definition) is 2. The molecule has 7 nitrogen and oxygen atoms in total. The van der Waals surface area contributed by atoms with Crippen LogP contribution in [-0.4, -0.2) is 20.9 Å². The Morgan fingerprint density at radius 1 is 1.12 bits per heavy atom. The van der Waals surface area contributed by atoms with Gasteiger partial charge in [-0.05, 0) is 62.2 Å². The third-order valence-corrected chi connectivity index (χ3v) is 5.81. The maximum absolute atomic E-state index is 12.9. The molecule has 1 amide bonds.